The van der Waals surface area contributed by atoms with Crippen LogP contribution in [0, 0.1) is 0 Å². The fraction of sp³-hybridized carbons (Fsp3) is 0. The molecule has 2 heterocycles. The number of nitrogens with zero attached hydrogens (tertiary/aromatic N) is 3. The molecule has 238 valence electrons. The minimum Gasteiger partial charge on any atom is -0.456 e. The van der Waals surface area contributed by atoms with Gasteiger partial charge in [0, 0.05) is 27.5 Å². The maximum Gasteiger partial charge on any atom is 0.164 e. The van der Waals surface area contributed by atoms with Crippen LogP contribution < -0.4 is 0 Å². The van der Waals surface area contributed by atoms with Crippen molar-refractivity contribution in [2.45, 2.75) is 0 Å². The average molecular weight is 652 g/mol. The summed E-state index contributed by atoms with van der Waals surface area (Å²) in [7, 11) is 0. The van der Waals surface area contributed by atoms with Gasteiger partial charge in [0.05, 0.1) is 0 Å². The lowest BCUT2D eigenvalue weighted by Crippen LogP contribution is -2.00. The number of aromatic nitrogens is 3. The molecular weight excluding hydrogens is 623 g/mol. The molecule has 0 fully saturated rings. The molecule has 0 bridgehead atoms. The molecule has 10 aromatic rings. The first kappa shape index (κ1) is 29.0. The number of rotatable bonds is 5. The van der Waals surface area contributed by atoms with Crippen LogP contribution in [0.2, 0.25) is 0 Å². The highest BCUT2D eigenvalue weighted by Gasteiger charge is 2.17. The molecule has 0 aliphatic rings. The van der Waals surface area contributed by atoms with E-state index in [9.17, 15) is 0 Å². The monoisotopic (exact) mass is 651 g/mol. The predicted molar refractivity (Wildman–Crippen MR) is 209 cm³/mol. The van der Waals surface area contributed by atoms with Crippen molar-refractivity contribution in [3.8, 4) is 56.4 Å². The van der Waals surface area contributed by atoms with E-state index < -0.39 is 0 Å². The molecule has 0 atom stereocenters. The van der Waals surface area contributed by atoms with Gasteiger partial charge in [-0.2, -0.15) is 0 Å². The largest absolute Gasteiger partial charge is 0.456 e. The van der Waals surface area contributed by atoms with Crippen molar-refractivity contribution >= 4 is 43.5 Å². The van der Waals surface area contributed by atoms with E-state index in [1.165, 1.54) is 21.9 Å². The van der Waals surface area contributed by atoms with Crippen molar-refractivity contribution in [1.29, 1.82) is 0 Å². The Morgan fingerprint density at radius 1 is 0.314 bits per heavy atom. The highest BCUT2D eigenvalue weighted by atomic mass is 16.3. The van der Waals surface area contributed by atoms with Gasteiger partial charge in [0.15, 0.2) is 17.5 Å². The Balaban J connectivity index is 1.07. The van der Waals surface area contributed by atoms with Crippen LogP contribution in [0.25, 0.3) is 99.9 Å². The SMILES string of the molecule is c1ccc(-c2nc(-c3ccc4c(c3)oc3cccc(-c5ccc(-c6ccc7ccccc7c6)cc5)c34)nc(-c3cccc4ccccc34)n2)cc1. The van der Waals surface area contributed by atoms with E-state index in [2.05, 4.69) is 140 Å². The van der Waals surface area contributed by atoms with Crippen molar-refractivity contribution in [2.24, 2.45) is 0 Å². The molecule has 0 N–H and O–H groups in total. The molecule has 0 aliphatic carbocycles. The van der Waals surface area contributed by atoms with Crippen molar-refractivity contribution < 1.29 is 4.42 Å². The fourth-order valence-electron chi connectivity index (χ4n) is 7.18. The Kier molecular flexibility index (Phi) is 6.78. The van der Waals surface area contributed by atoms with Crippen LogP contribution in [0.3, 0.4) is 0 Å². The van der Waals surface area contributed by atoms with Gasteiger partial charge in [0.25, 0.3) is 0 Å². The van der Waals surface area contributed by atoms with Crippen LogP contribution >= 0.6 is 0 Å². The highest BCUT2D eigenvalue weighted by Crippen LogP contribution is 2.39. The van der Waals surface area contributed by atoms with Crippen molar-refractivity contribution in [1.82, 2.24) is 15.0 Å². The van der Waals surface area contributed by atoms with Gasteiger partial charge in [0.1, 0.15) is 11.2 Å². The Hall–Kier alpha value is -6.91. The summed E-state index contributed by atoms with van der Waals surface area (Å²) in [4.78, 5) is 15.0. The molecule has 0 radical (unpaired) electrons. The third-order valence-corrected chi connectivity index (χ3v) is 9.73. The third-order valence-electron chi connectivity index (χ3n) is 9.73. The van der Waals surface area contributed by atoms with Gasteiger partial charge in [-0.1, -0.05) is 152 Å². The van der Waals surface area contributed by atoms with Crippen LogP contribution in [0.1, 0.15) is 0 Å². The van der Waals surface area contributed by atoms with Gasteiger partial charge in [-0.15, -0.1) is 0 Å². The summed E-state index contributed by atoms with van der Waals surface area (Å²) in [6, 6.07) is 61.1. The number of benzene rings is 8. The maximum absolute atomic E-state index is 6.53. The molecular formula is C47H29N3O. The quantitative estimate of drug-likeness (QED) is 0.186. The molecule has 2 aromatic heterocycles. The lowest BCUT2D eigenvalue weighted by atomic mass is 9.96. The molecule has 0 saturated carbocycles. The predicted octanol–water partition coefficient (Wildman–Crippen LogP) is 12.4. The van der Waals surface area contributed by atoms with Gasteiger partial charge >= 0.3 is 0 Å². The average Bonchev–Trinajstić information content (AvgIpc) is 3.59. The van der Waals surface area contributed by atoms with Crippen molar-refractivity contribution in [2.75, 3.05) is 0 Å². The molecule has 51 heavy (non-hydrogen) atoms. The van der Waals surface area contributed by atoms with Crippen LogP contribution in [0.4, 0.5) is 0 Å². The van der Waals surface area contributed by atoms with Crippen molar-refractivity contribution in [3.05, 3.63) is 176 Å². The summed E-state index contributed by atoms with van der Waals surface area (Å²) in [6.45, 7) is 0. The zero-order valence-electron chi connectivity index (χ0n) is 27.5. The first-order valence-electron chi connectivity index (χ1n) is 17.1. The van der Waals surface area contributed by atoms with Crippen LogP contribution in [-0.2, 0) is 0 Å². The summed E-state index contributed by atoms with van der Waals surface area (Å²) >= 11 is 0. The van der Waals surface area contributed by atoms with Gasteiger partial charge in [-0.05, 0) is 68.1 Å². The second-order valence-electron chi connectivity index (χ2n) is 12.8. The fourth-order valence-corrected chi connectivity index (χ4v) is 7.18. The normalized spacial score (nSPS) is 11.5. The highest BCUT2D eigenvalue weighted by molar-refractivity contribution is 6.13. The van der Waals surface area contributed by atoms with Gasteiger partial charge in [-0.3, -0.25) is 0 Å². The lowest BCUT2D eigenvalue weighted by Gasteiger charge is -2.10. The topological polar surface area (TPSA) is 51.8 Å². The van der Waals surface area contributed by atoms with Crippen molar-refractivity contribution in [3.63, 3.8) is 0 Å². The second-order valence-corrected chi connectivity index (χ2v) is 12.8. The molecule has 10 rings (SSSR count). The second kappa shape index (κ2) is 11.9. The first-order chi connectivity index (χ1) is 25.2. The van der Waals surface area contributed by atoms with Gasteiger partial charge in [0.2, 0.25) is 0 Å². The number of fused-ring (bicyclic) bond motifs is 5. The standard InChI is InChI=1S/C47H29N3O/c1-2-12-34(13-3-1)45-48-46(50-47(49-45)40-18-8-15-32-11-6-7-16-38(32)40)37-26-27-41-43(29-37)51-42-19-9-17-39(44(41)42)33-23-20-31(21-24-33)36-25-22-30-10-4-5-14-35(30)28-36/h1-29H. The van der Waals surface area contributed by atoms with E-state index in [4.69, 9.17) is 19.4 Å². The van der Waals surface area contributed by atoms with E-state index >= 15 is 0 Å². The number of hydrogen-bond donors (Lipinski definition) is 0. The van der Waals surface area contributed by atoms with Gasteiger partial charge in [-0.25, -0.2) is 15.0 Å². The Morgan fingerprint density at radius 2 is 0.941 bits per heavy atom. The molecule has 0 aliphatic heterocycles. The molecule has 0 unspecified atom stereocenters. The van der Waals surface area contributed by atoms with E-state index in [1.54, 1.807) is 0 Å². The Bertz CT molecular complexity index is 2900. The Morgan fingerprint density at radius 3 is 1.80 bits per heavy atom. The summed E-state index contributed by atoms with van der Waals surface area (Å²) < 4.78 is 6.53. The summed E-state index contributed by atoms with van der Waals surface area (Å²) in [5, 5.41) is 6.87. The summed E-state index contributed by atoms with van der Waals surface area (Å²) in [5.41, 5.74) is 9.06. The first-order valence-corrected chi connectivity index (χ1v) is 17.1. The molecule has 0 spiro atoms. The minimum absolute atomic E-state index is 0.596. The molecule has 0 saturated heterocycles. The number of furan rings is 1. The smallest absolute Gasteiger partial charge is 0.164 e. The summed E-state index contributed by atoms with van der Waals surface area (Å²) in [6.07, 6.45) is 0. The third kappa shape index (κ3) is 5.13. The maximum atomic E-state index is 6.53. The van der Waals surface area contributed by atoms with Crippen LogP contribution in [-0.4, -0.2) is 15.0 Å². The van der Waals surface area contributed by atoms with Crippen LogP contribution in [0.5, 0.6) is 0 Å². The van der Waals surface area contributed by atoms with E-state index in [-0.39, 0.29) is 0 Å². The molecule has 4 nitrogen and oxygen atoms in total. The molecule has 0 amide bonds. The molecule has 4 heteroatoms. The van der Waals surface area contributed by atoms with E-state index in [1.807, 2.05) is 36.4 Å². The minimum atomic E-state index is 0.596. The van der Waals surface area contributed by atoms with E-state index in [0.717, 1.165) is 60.5 Å². The van der Waals surface area contributed by atoms with Gasteiger partial charge < -0.3 is 4.42 Å². The summed E-state index contributed by atoms with van der Waals surface area (Å²) in [5.74, 6) is 1.86. The number of hydrogen-bond acceptors (Lipinski definition) is 4. The van der Waals surface area contributed by atoms with E-state index in [0.29, 0.717) is 17.5 Å². The zero-order valence-corrected chi connectivity index (χ0v) is 27.5. The Labute approximate surface area is 294 Å². The zero-order chi connectivity index (χ0) is 33.7. The van der Waals surface area contributed by atoms with Crippen LogP contribution in [0.15, 0.2) is 180 Å². The molecule has 8 aromatic carbocycles. The lowest BCUT2D eigenvalue weighted by molar-refractivity contribution is 0.669.